The third-order valence-corrected chi connectivity index (χ3v) is 5.49. The van der Waals surface area contributed by atoms with Crippen LogP contribution in [-0.2, 0) is 0 Å². The van der Waals surface area contributed by atoms with E-state index in [1.165, 1.54) is 16.0 Å². The van der Waals surface area contributed by atoms with Gasteiger partial charge in [-0.05, 0) is 43.0 Å². The molecule has 1 aliphatic rings. The molecule has 0 saturated heterocycles. The molecule has 2 rings (SSSR count). The highest BCUT2D eigenvalue weighted by molar-refractivity contribution is 8.00. The van der Waals surface area contributed by atoms with Crippen LogP contribution >= 0.6 is 11.8 Å². The summed E-state index contributed by atoms with van der Waals surface area (Å²) in [6.45, 7) is 12.4. The van der Waals surface area contributed by atoms with Gasteiger partial charge in [0.1, 0.15) is 0 Å². The van der Waals surface area contributed by atoms with Gasteiger partial charge in [0.05, 0.1) is 0 Å². The summed E-state index contributed by atoms with van der Waals surface area (Å²) in [5.41, 5.74) is 4.41. The Balaban J connectivity index is 2.53. The van der Waals surface area contributed by atoms with E-state index >= 15 is 0 Å². The maximum absolute atomic E-state index is 3.68. The third-order valence-electron chi connectivity index (χ3n) is 3.92. The standard InChI is InChI=1S/C15H23NS/c1-6-16-14-11(4)12(5)17-15-10(3)8-7-9(2)13(14)15/h7-8,11-12,14,16H,6H2,1-5H3. The second-order valence-corrected chi connectivity index (χ2v) is 6.55. The second kappa shape index (κ2) is 5.03. The molecule has 94 valence electrons. The van der Waals surface area contributed by atoms with Crippen molar-refractivity contribution in [2.24, 2.45) is 5.92 Å². The van der Waals surface area contributed by atoms with Crippen molar-refractivity contribution in [3.05, 3.63) is 28.8 Å². The Labute approximate surface area is 109 Å². The van der Waals surface area contributed by atoms with Crippen LogP contribution < -0.4 is 5.32 Å². The predicted octanol–water partition coefficient (Wildman–Crippen LogP) is 4.08. The molecule has 1 aliphatic heterocycles. The van der Waals surface area contributed by atoms with Gasteiger partial charge in [-0.3, -0.25) is 0 Å². The van der Waals surface area contributed by atoms with Crippen LogP contribution in [0.2, 0.25) is 0 Å². The molecule has 0 bridgehead atoms. The number of benzene rings is 1. The monoisotopic (exact) mass is 249 g/mol. The minimum absolute atomic E-state index is 0.520. The summed E-state index contributed by atoms with van der Waals surface area (Å²) in [5.74, 6) is 0.688. The summed E-state index contributed by atoms with van der Waals surface area (Å²) in [5, 5.41) is 4.36. The van der Waals surface area contributed by atoms with Crippen LogP contribution in [0.25, 0.3) is 0 Å². The minimum Gasteiger partial charge on any atom is -0.310 e. The molecule has 2 heteroatoms. The SMILES string of the molecule is CCNC1c2c(C)ccc(C)c2SC(C)C1C. The van der Waals surface area contributed by atoms with E-state index < -0.39 is 0 Å². The lowest BCUT2D eigenvalue weighted by Gasteiger charge is -2.38. The van der Waals surface area contributed by atoms with Crippen molar-refractivity contribution in [2.75, 3.05) is 6.54 Å². The Morgan fingerprint density at radius 2 is 1.82 bits per heavy atom. The molecule has 3 unspecified atom stereocenters. The molecule has 0 saturated carbocycles. The van der Waals surface area contributed by atoms with E-state index in [1.54, 1.807) is 5.56 Å². The van der Waals surface area contributed by atoms with Crippen LogP contribution in [0.5, 0.6) is 0 Å². The van der Waals surface area contributed by atoms with Gasteiger partial charge in [-0.1, -0.05) is 32.9 Å². The van der Waals surface area contributed by atoms with Gasteiger partial charge in [-0.25, -0.2) is 0 Å². The van der Waals surface area contributed by atoms with Crippen LogP contribution in [0, 0.1) is 19.8 Å². The second-order valence-electron chi connectivity index (χ2n) is 5.16. The molecular formula is C15H23NS. The summed E-state index contributed by atoms with van der Waals surface area (Å²) in [7, 11) is 0. The van der Waals surface area contributed by atoms with Crippen molar-refractivity contribution < 1.29 is 0 Å². The van der Waals surface area contributed by atoms with Crippen molar-refractivity contribution in [1.82, 2.24) is 5.32 Å². The van der Waals surface area contributed by atoms with Crippen LogP contribution in [0.1, 0.15) is 43.5 Å². The Morgan fingerprint density at radius 3 is 2.47 bits per heavy atom. The molecule has 3 atom stereocenters. The molecule has 0 amide bonds. The number of nitrogens with one attached hydrogen (secondary N) is 1. The van der Waals surface area contributed by atoms with Gasteiger partial charge in [0.15, 0.2) is 0 Å². The normalized spacial score (nSPS) is 27.9. The molecule has 1 heterocycles. The molecule has 1 aromatic carbocycles. The zero-order chi connectivity index (χ0) is 12.6. The maximum Gasteiger partial charge on any atom is 0.0370 e. The zero-order valence-corrected chi connectivity index (χ0v) is 12.3. The molecular weight excluding hydrogens is 226 g/mol. The minimum atomic E-state index is 0.520. The fourth-order valence-corrected chi connectivity index (χ4v) is 4.10. The number of aryl methyl sites for hydroxylation is 2. The number of hydrogen-bond acceptors (Lipinski definition) is 2. The highest BCUT2D eigenvalue weighted by Gasteiger charge is 2.33. The molecule has 1 N–H and O–H groups in total. The first-order valence-electron chi connectivity index (χ1n) is 6.56. The van der Waals surface area contributed by atoms with Gasteiger partial charge in [0, 0.05) is 16.2 Å². The lowest BCUT2D eigenvalue weighted by Crippen LogP contribution is -2.35. The summed E-state index contributed by atoms with van der Waals surface area (Å²) < 4.78 is 0. The smallest absolute Gasteiger partial charge is 0.0370 e. The van der Waals surface area contributed by atoms with Gasteiger partial charge in [0.25, 0.3) is 0 Å². The maximum atomic E-state index is 3.68. The number of hydrogen-bond donors (Lipinski definition) is 1. The molecule has 0 radical (unpaired) electrons. The van der Waals surface area contributed by atoms with Gasteiger partial charge < -0.3 is 5.32 Å². The number of rotatable bonds is 2. The van der Waals surface area contributed by atoms with Gasteiger partial charge in [0.2, 0.25) is 0 Å². The van der Waals surface area contributed by atoms with Crippen molar-refractivity contribution in [3.8, 4) is 0 Å². The third kappa shape index (κ3) is 2.25. The van der Waals surface area contributed by atoms with Gasteiger partial charge in [-0.2, -0.15) is 0 Å². The molecule has 1 aromatic rings. The average molecular weight is 249 g/mol. The first-order valence-corrected chi connectivity index (χ1v) is 7.44. The zero-order valence-electron chi connectivity index (χ0n) is 11.5. The predicted molar refractivity (Wildman–Crippen MR) is 76.8 cm³/mol. The summed E-state index contributed by atoms with van der Waals surface area (Å²) in [6, 6.07) is 5.04. The Bertz CT molecular complexity index is 414. The fourth-order valence-electron chi connectivity index (χ4n) is 2.68. The van der Waals surface area contributed by atoms with E-state index in [9.17, 15) is 0 Å². The van der Waals surface area contributed by atoms with E-state index in [1.807, 2.05) is 0 Å². The van der Waals surface area contributed by atoms with Crippen LogP contribution in [0.4, 0.5) is 0 Å². The Morgan fingerprint density at radius 1 is 1.18 bits per heavy atom. The van der Waals surface area contributed by atoms with E-state index in [2.05, 4.69) is 63.8 Å². The van der Waals surface area contributed by atoms with E-state index in [4.69, 9.17) is 0 Å². The van der Waals surface area contributed by atoms with E-state index in [0.29, 0.717) is 17.2 Å². The van der Waals surface area contributed by atoms with Crippen molar-refractivity contribution in [2.45, 2.75) is 50.8 Å². The quantitative estimate of drug-likeness (QED) is 0.847. The summed E-state index contributed by atoms with van der Waals surface area (Å²) >= 11 is 2.05. The summed E-state index contributed by atoms with van der Waals surface area (Å²) in [6.07, 6.45) is 0. The van der Waals surface area contributed by atoms with Gasteiger partial charge >= 0.3 is 0 Å². The molecule has 0 aliphatic carbocycles. The van der Waals surface area contributed by atoms with Crippen molar-refractivity contribution in [3.63, 3.8) is 0 Å². The lowest BCUT2D eigenvalue weighted by molar-refractivity contribution is 0.378. The molecule has 1 nitrogen and oxygen atoms in total. The van der Waals surface area contributed by atoms with Crippen molar-refractivity contribution in [1.29, 1.82) is 0 Å². The summed E-state index contributed by atoms with van der Waals surface area (Å²) in [4.78, 5) is 1.52. The Hall–Kier alpha value is -0.470. The molecule has 0 spiro atoms. The lowest BCUT2D eigenvalue weighted by atomic mass is 9.87. The van der Waals surface area contributed by atoms with E-state index in [0.717, 1.165) is 6.54 Å². The topological polar surface area (TPSA) is 12.0 Å². The fraction of sp³-hybridized carbons (Fsp3) is 0.600. The molecule has 17 heavy (non-hydrogen) atoms. The number of fused-ring (bicyclic) bond motifs is 1. The van der Waals surface area contributed by atoms with Crippen LogP contribution in [-0.4, -0.2) is 11.8 Å². The van der Waals surface area contributed by atoms with Crippen molar-refractivity contribution >= 4 is 11.8 Å². The first-order chi connectivity index (χ1) is 8.06. The number of thioether (sulfide) groups is 1. The highest BCUT2D eigenvalue weighted by Crippen LogP contribution is 2.46. The Kier molecular flexibility index (Phi) is 3.84. The highest BCUT2D eigenvalue weighted by atomic mass is 32.2. The molecule has 0 aromatic heterocycles. The van der Waals surface area contributed by atoms with Crippen LogP contribution in [0.3, 0.4) is 0 Å². The van der Waals surface area contributed by atoms with Gasteiger partial charge in [-0.15, -0.1) is 11.8 Å². The molecule has 0 fully saturated rings. The average Bonchev–Trinajstić information content (AvgIpc) is 2.30. The van der Waals surface area contributed by atoms with E-state index in [-0.39, 0.29) is 0 Å². The first kappa shape index (κ1) is 13.0. The largest absolute Gasteiger partial charge is 0.310 e. The van der Waals surface area contributed by atoms with Crippen LogP contribution in [0.15, 0.2) is 17.0 Å².